The molecule has 1 aromatic rings. The molecule has 212 valence electrons. The van der Waals surface area contributed by atoms with Crippen LogP contribution in [0, 0.1) is 11.8 Å². The first-order chi connectivity index (χ1) is 17.9. The number of phenolic OH excluding ortho intramolecular Hbond substituents is 1. The quantitative estimate of drug-likeness (QED) is 0.195. The zero-order valence-corrected chi connectivity index (χ0v) is 24.1. The molecule has 1 fully saturated rings. The van der Waals surface area contributed by atoms with Crippen LogP contribution < -0.4 is 10.1 Å². The van der Waals surface area contributed by atoms with E-state index in [0.29, 0.717) is 25.1 Å². The van der Waals surface area contributed by atoms with Crippen molar-refractivity contribution in [2.45, 2.75) is 128 Å². The van der Waals surface area contributed by atoms with Crippen molar-refractivity contribution in [1.29, 1.82) is 0 Å². The molecule has 1 aliphatic heterocycles. The van der Waals surface area contributed by atoms with E-state index in [0.717, 1.165) is 48.1 Å². The monoisotopic (exact) mass is 527 g/mol. The van der Waals surface area contributed by atoms with Crippen LogP contribution in [0.4, 0.5) is 0 Å². The molecule has 38 heavy (non-hydrogen) atoms. The molecule has 4 N–H and O–H groups in total. The van der Waals surface area contributed by atoms with Gasteiger partial charge in [-0.2, -0.15) is 0 Å². The third-order valence-corrected chi connectivity index (χ3v) is 9.60. The number of rotatable bonds is 11. The lowest BCUT2D eigenvalue weighted by molar-refractivity contribution is -0.142. The fraction of sp³-hybridized carbons (Fsp3) is 0.719. The highest BCUT2D eigenvalue weighted by Crippen LogP contribution is 2.55. The molecule has 1 aromatic carbocycles. The number of ether oxygens (including phenoxy) is 1. The normalized spacial score (nSPS) is 27.2. The van der Waals surface area contributed by atoms with Crippen LogP contribution in [-0.2, 0) is 10.2 Å². The molecule has 0 spiro atoms. The Kier molecular flexibility index (Phi) is 8.83. The molecule has 1 heterocycles. The molecule has 0 aromatic heterocycles. The van der Waals surface area contributed by atoms with E-state index in [2.05, 4.69) is 52.1 Å². The van der Waals surface area contributed by atoms with Crippen molar-refractivity contribution in [2.75, 3.05) is 6.54 Å². The highest BCUT2D eigenvalue weighted by molar-refractivity contribution is 5.71. The lowest BCUT2D eigenvalue weighted by Gasteiger charge is -2.48. The fourth-order valence-electron chi connectivity index (χ4n) is 7.12. The molecule has 2 unspecified atom stereocenters. The largest absolute Gasteiger partial charge is 0.508 e. The van der Waals surface area contributed by atoms with Crippen LogP contribution in [0.5, 0.6) is 11.5 Å². The number of aliphatic hydroxyl groups is 1. The Balaban J connectivity index is 1.51. The Hall–Kier alpha value is -2.05. The number of carboxylic acids is 1. The number of nitrogens with one attached hydrogen (secondary N) is 1. The number of carbonyl (C=O) groups is 1. The van der Waals surface area contributed by atoms with Crippen molar-refractivity contribution >= 4 is 5.97 Å². The number of aliphatic carboxylic acids is 1. The number of allylic oxidation sites excluding steroid dienone is 1. The van der Waals surface area contributed by atoms with E-state index in [4.69, 9.17) is 4.74 Å². The summed E-state index contributed by atoms with van der Waals surface area (Å²) in [4.78, 5) is 11.5. The van der Waals surface area contributed by atoms with Crippen molar-refractivity contribution in [2.24, 2.45) is 11.8 Å². The van der Waals surface area contributed by atoms with E-state index < -0.39 is 17.7 Å². The van der Waals surface area contributed by atoms with Gasteiger partial charge in [-0.25, -0.2) is 0 Å². The number of hydrogen-bond donors (Lipinski definition) is 4. The number of hydrogen-bond acceptors (Lipinski definition) is 5. The van der Waals surface area contributed by atoms with Crippen molar-refractivity contribution in [3.8, 4) is 11.5 Å². The van der Waals surface area contributed by atoms with Crippen molar-refractivity contribution in [1.82, 2.24) is 5.32 Å². The summed E-state index contributed by atoms with van der Waals surface area (Å²) >= 11 is 0. The van der Waals surface area contributed by atoms with E-state index in [-0.39, 0.29) is 29.2 Å². The van der Waals surface area contributed by atoms with Gasteiger partial charge in [0.25, 0.3) is 0 Å². The number of aromatic hydroxyl groups is 1. The molecule has 0 amide bonds. The van der Waals surface area contributed by atoms with Gasteiger partial charge in [0.15, 0.2) is 0 Å². The summed E-state index contributed by atoms with van der Waals surface area (Å²) in [6, 6.07) is 4.00. The Morgan fingerprint density at radius 1 is 1.21 bits per heavy atom. The molecular weight excluding hydrogens is 478 g/mol. The molecular formula is C32H49NO5. The van der Waals surface area contributed by atoms with E-state index in [1.807, 2.05) is 6.07 Å². The first-order valence-corrected chi connectivity index (χ1v) is 14.8. The second-order valence-corrected chi connectivity index (χ2v) is 13.1. The average Bonchev–Trinajstić information content (AvgIpc) is 3.33. The number of unbranched alkanes of at least 4 members (excludes halogenated alkanes) is 3. The topological polar surface area (TPSA) is 99.0 Å². The summed E-state index contributed by atoms with van der Waals surface area (Å²) in [5.41, 5.74) is 2.50. The molecule has 0 radical (unpaired) electrons. The molecule has 4 rings (SSSR count). The van der Waals surface area contributed by atoms with Gasteiger partial charge >= 0.3 is 5.97 Å². The van der Waals surface area contributed by atoms with Gasteiger partial charge in [-0.1, -0.05) is 59.0 Å². The Morgan fingerprint density at radius 3 is 2.68 bits per heavy atom. The highest BCUT2D eigenvalue weighted by Gasteiger charge is 2.47. The first-order valence-electron chi connectivity index (χ1n) is 14.8. The van der Waals surface area contributed by atoms with Crippen LogP contribution in [0.25, 0.3) is 0 Å². The van der Waals surface area contributed by atoms with Crippen LogP contribution in [0.2, 0.25) is 0 Å². The minimum absolute atomic E-state index is 0.0574. The first kappa shape index (κ1) is 28.9. The lowest BCUT2D eigenvalue weighted by atomic mass is 9.66. The lowest BCUT2D eigenvalue weighted by Crippen LogP contribution is -2.46. The average molecular weight is 528 g/mol. The van der Waals surface area contributed by atoms with Crippen molar-refractivity contribution in [3.63, 3.8) is 0 Å². The molecule has 0 saturated heterocycles. The number of benzene rings is 1. The van der Waals surface area contributed by atoms with Crippen LogP contribution >= 0.6 is 0 Å². The zero-order chi connectivity index (χ0) is 27.7. The van der Waals surface area contributed by atoms with Gasteiger partial charge in [-0.05, 0) is 74.6 Å². The predicted molar refractivity (Wildman–Crippen MR) is 151 cm³/mol. The molecule has 2 aliphatic carbocycles. The number of aliphatic hydroxyl groups excluding tert-OH is 1. The third-order valence-electron chi connectivity index (χ3n) is 9.60. The molecule has 6 nitrogen and oxygen atoms in total. The van der Waals surface area contributed by atoms with Crippen LogP contribution in [0.15, 0.2) is 23.8 Å². The van der Waals surface area contributed by atoms with Gasteiger partial charge in [-0.3, -0.25) is 4.79 Å². The van der Waals surface area contributed by atoms with Crippen LogP contribution in [-0.4, -0.2) is 45.6 Å². The van der Waals surface area contributed by atoms with E-state index in [1.165, 1.54) is 25.7 Å². The standard InChI is InChI=1S/C32H49NO5/c1-6-7-8-9-15-31(2,3)21-17-26(34)29-23-16-20(13-14-24(23)32(4,5)38-28(29)18-21)27(35)19-33-25-12-10-11-22(25)30(36)37/h13,17-18,22-25,27,33-35H,6-12,14-16,19H2,1-5H3,(H,36,37)/t22-,23?,24+,25+,27?/m0/s1. The summed E-state index contributed by atoms with van der Waals surface area (Å²) in [5, 5.41) is 35.2. The number of fused-ring (bicyclic) bond motifs is 3. The summed E-state index contributed by atoms with van der Waals surface area (Å²) in [7, 11) is 0. The van der Waals surface area contributed by atoms with Crippen LogP contribution in [0.3, 0.4) is 0 Å². The maximum Gasteiger partial charge on any atom is 0.308 e. The third kappa shape index (κ3) is 6.07. The zero-order valence-electron chi connectivity index (χ0n) is 24.1. The maximum absolute atomic E-state index is 11.5. The molecule has 6 heteroatoms. The second-order valence-electron chi connectivity index (χ2n) is 13.1. The minimum atomic E-state index is -0.755. The van der Waals surface area contributed by atoms with E-state index in [1.54, 1.807) is 0 Å². The minimum Gasteiger partial charge on any atom is -0.508 e. The van der Waals surface area contributed by atoms with Crippen molar-refractivity contribution in [3.05, 3.63) is 34.9 Å². The SMILES string of the molecule is CCCCCCC(C)(C)c1cc(O)c2c(c1)OC(C)(C)[C@@H]1CC=C(C(O)CN[C@@H]3CCC[C@@H]3C(=O)O)CC21. The maximum atomic E-state index is 11.5. The van der Waals surface area contributed by atoms with Crippen LogP contribution in [0.1, 0.15) is 116 Å². The Morgan fingerprint density at radius 2 is 1.97 bits per heavy atom. The number of carboxylic acid groups (broad SMARTS) is 1. The summed E-state index contributed by atoms with van der Waals surface area (Å²) in [6.07, 6.45) is 11.3. The van der Waals surface area contributed by atoms with Gasteiger partial charge in [0, 0.05) is 30.0 Å². The highest BCUT2D eigenvalue weighted by atomic mass is 16.5. The molecule has 1 saturated carbocycles. The van der Waals surface area contributed by atoms with E-state index >= 15 is 0 Å². The Bertz CT molecular complexity index is 1030. The van der Waals surface area contributed by atoms with Crippen molar-refractivity contribution < 1.29 is 24.9 Å². The molecule has 5 atom stereocenters. The van der Waals surface area contributed by atoms with Gasteiger partial charge in [0.1, 0.15) is 17.1 Å². The fourth-order valence-corrected chi connectivity index (χ4v) is 7.12. The molecule has 3 aliphatic rings. The smallest absolute Gasteiger partial charge is 0.308 e. The molecule has 0 bridgehead atoms. The summed E-state index contributed by atoms with van der Waals surface area (Å²) < 4.78 is 6.57. The van der Waals surface area contributed by atoms with E-state index in [9.17, 15) is 20.1 Å². The second kappa shape index (κ2) is 11.6. The summed E-state index contributed by atoms with van der Waals surface area (Å²) in [6.45, 7) is 11.3. The van der Waals surface area contributed by atoms with Gasteiger partial charge in [-0.15, -0.1) is 0 Å². The van der Waals surface area contributed by atoms with Gasteiger partial charge in [0.2, 0.25) is 0 Å². The Labute approximate surface area is 228 Å². The predicted octanol–water partition coefficient (Wildman–Crippen LogP) is 6.44. The van der Waals surface area contributed by atoms with Gasteiger partial charge in [0.05, 0.1) is 12.0 Å². The number of phenols is 1. The van der Waals surface area contributed by atoms with Gasteiger partial charge < -0.3 is 25.4 Å². The summed E-state index contributed by atoms with van der Waals surface area (Å²) in [5.74, 6) is 0.199.